The molecule has 9 heteroatoms. The predicted octanol–water partition coefficient (Wildman–Crippen LogP) is 4.29. The molecule has 0 fully saturated rings. The van der Waals surface area contributed by atoms with Crippen LogP contribution in [0, 0.1) is 0 Å². The van der Waals surface area contributed by atoms with Gasteiger partial charge in [0.1, 0.15) is 12.7 Å². The number of hydrazine groups is 1. The number of hydrogen-bond donors (Lipinski definition) is 2. The largest absolute Gasteiger partial charge is 0.269 e. The predicted molar refractivity (Wildman–Crippen MR) is 124 cm³/mol. The molecule has 0 spiro atoms. The molecule has 0 saturated carbocycles. The molecule has 0 saturated heterocycles. The van der Waals surface area contributed by atoms with E-state index in [4.69, 9.17) is 11.6 Å². The zero-order chi connectivity index (χ0) is 22.3. The van der Waals surface area contributed by atoms with Crippen molar-refractivity contribution >= 4 is 35.2 Å². The van der Waals surface area contributed by atoms with E-state index in [1.54, 1.807) is 59.2 Å². The summed E-state index contributed by atoms with van der Waals surface area (Å²) in [7, 11) is 0. The number of amides is 2. The minimum Gasteiger partial charge on any atom is -0.267 e. The number of carbonyl (C=O) groups excluding carboxylic acids is 2. The highest BCUT2D eigenvalue weighted by Crippen LogP contribution is 2.24. The molecule has 1 heterocycles. The van der Waals surface area contributed by atoms with Gasteiger partial charge in [0.2, 0.25) is 0 Å². The number of rotatable bonds is 6. The minimum atomic E-state index is -0.417. The summed E-state index contributed by atoms with van der Waals surface area (Å²) in [6.07, 6.45) is 3.00. The van der Waals surface area contributed by atoms with E-state index in [1.165, 1.54) is 6.33 Å². The second kappa shape index (κ2) is 10.1. The average Bonchev–Trinajstić information content (AvgIpc) is 3.37. The maximum Gasteiger partial charge on any atom is 0.269 e. The van der Waals surface area contributed by atoms with Crippen LogP contribution in [0.5, 0.6) is 0 Å². The van der Waals surface area contributed by atoms with E-state index in [-0.39, 0.29) is 0 Å². The quantitative estimate of drug-likeness (QED) is 0.329. The van der Waals surface area contributed by atoms with Crippen LogP contribution in [0.1, 0.15) is 26.3 Å². The summed E-state index contributed by atoms with van der Waals surface area (Å²) >= 11 is 7.59. The summed E-state index contributed by atoms with van der Waals surface area (Å²) in [5.41, 5.74) is 7.58. The zero-order valence-electron chi connectivity index (χ0n) is 16.7. The number of benzene rings is 3. The van der Waals surface area contributed by atoms with Crippen LogP contribution in [-0.4, -0.2) is 26.6 Å². The van der Waals surface area contributed by atoms with Gasteiger partial charge in [-0.3, -0.25) is 20.4 Å². The SMILES string of the molecule is O=C(NNC(=O)c1ccc(-n2cncn2)cc1)c1ccc(CSc2ccc(Cl)cc2)cc1. The van der Waals surface area contributed by atoms with Crippen LogP contribution in [0.25, 0.3) is 5.69 Å². The van der Waals surface area contributed by atoms with Gasteiger partial charge in [-0.05, 0) is 66.2 Å². The van der Waals surface area contributed by atoms with E-state index in [0.717, 1.165) is 21.9 Å². The van der Waals surface area contributed by atoms with Gasteiger partial charge in [0.25, 0.3) is 11.8 Å². The molecule has 0 atom stereocenters. The second-order valence-corrected chi connectivity index (χ2v) is 8.22. The lowest BCUT2D eigenvalue weighted by Gasteiger charge is -2.09. The van der Waals surface area contributed by atoms with Crippen LogP contribution in [-0.2, 0) is 5.75 Å². The maximum atomic E-state index is 12.4. The highest BCUT2D eigenvalue weighted by molar-refractivity contribution is 7.98. The molecule has 3 aromatic carbocycles. The van der Waals surface area contributed by atoms with E-state index < -0.39 is 11.8 Å². The van der Waals surface area contributed by atoms with Gasteiger partial charge in [-0.15, -0.1) is 11.8 Å². The maximum absolute atomic E-state index is 12.4. The number of carbonyl (C=O) groups is 2. The first-order valence-electron chi connectivity index (χ1n) is 9.61. The van der Waals surface area contributed by atoms with Crippen molar-refractivity contribution in [2.24, 2.45) is 0 Å². The summed E-state index contributed by atoms with van der Waals surface area (Å²) in [4.78, 5) is 29.7. The first-order valence-corrected chi connectivity index (χ1v) is 11.0. The lowest BCUT2D eigenvalue weighted by Crippen LogP contribution is -2.41. The Hall–Kier alpha value is -3.62. The van der Waals surface area contributed by atoms with Gasteiger partial charge in [-0.2, -0.15) is 5.10 Å². The third-order valence-corrected chi connectivity index (χ3v) is 5.87. The lowest BCUT2D eigenvalue weighted by atomic mass is 10.1. The Morgan fingerprint density at radius 3 is 2.00 bits per heavy atom. The molecule has 32 heavy (non-hydrogen) atoms. The molecule has 2 N–H and O–H groups in total. The fourth-order valence-electron chi connectivity index (χ4n) is 2.81. The number of nitrogens with one attached hydrogen (secondary N) is 2. The van der Waals surface area contributed by atoms with Gasteiger partial charge in [0.15, 0.2) is 0 Å². The number of thioether (sulfide) groups is 1. The van der Waals surface area contributed by atoms with E-state index in [0.29, 0.717) is 16.1 Å². The van der Waals surface area contributed by atoms with Gasteiger partial charge in [0, 0.05) is 26.8 Å². The summed E-state index contributed by atoms with van der Waals surface area (Å²) in [6, 6.07) is 21.7. The molecule has 7 nitrogen and oxygen atoms in total. The van der Waals surface area contributed by atoms with E-state index >= 15 is 0 Å². The third kappa shape index (κ3) is 5.54. The number of nitrogens with zero attached hydrogens (tertiary/aromatic N) is 3. The van der Waals surface area contributed by atoms with Gasteiger partial charge in [0.05, 0.1) is 5.69 Å². The fourth-order valence-corrected chi connectivity index (χ4v) is 3.80. The Bertz CT molecular complexity index is 1190. The van der Waals surface area contributed by atoms with Crippen molar-refractivity contribution < 1.29 is 9.59 Å². The highest BCUT2D eigenvalue weighted by Gasteiger charge is 2.10. The lowest BCUT2D eigenvalue weighted by molar-refractivity contribution is 0.0846. The first kappa shape index (κ1) is 21.6. The monoisotopic (exact) mass is 463 g/mol. The zero-order valence-corrected chi connectivity index (χ0v) is 18.3. The Balaban J connectivity index is 1.28. The van der Waals surface area contributed by atoms with Crippen LogP contribution in [0.4, 0.5) is 0 Å². The molecular weight excluding hydrogens is 446 g/mol. The molecular formula is C23H18ClN5O2S. The first-order chi connectivity index (χ1) is 15.6. The van der Waals surface area contributed by atoms with Crippen molar-refractivity contribution in [3.63, 3.8) is 0 Å². The van der Waals surface area contributed by atoms with E-state index in [2.05, 4.69) is 20.9 Å². The number of hydrogen-bond acceptors (Lipinski definition) is 5. The molecule has 0 aliphatic carbocycles. The Morgan fingerprint density at radius 2 is 1.44 bits per heavy atom. The van der Waals surface area contributed by atoms with Crippen molar-refractivity contribution in [2.75, 3.05) is 0 Å². The Morgan fingerprint density at radius 1 is 0.844 bits per heavy atom. The van der Waals surface area contributed by atoms with Crippen LogP contribution in [0.3, 0.4) is 0 Å². The molecule has 0 aliphatic rings. The molecule has 0 bridgehead atoms. The van der Waals surface area contributed by atoms with Crippen molar-refractivity contribution in [1.29, 1.82) is 0 Å². The van der Waals surface area contributed by atoms with Crippen LogP contribution >= 0.6 is 23.4 Å². The van der Waals surface area contributed by atoms with Crippen molar-refractivity contribution in [3.05, 3.63) is 107 Å². The van der Waals surface area contributed by atoms with Crippen molar-refractivity contribution in [1.82, 2.24) is 25.6 Å². The van der Waals surface area contributed by atoms with Gasteiger partial charge in [-0.1, -0.05) is 23.7 Å². The highest BCUT2D eigenvalue weighted by atomic mass is 35.5. The normalized spacial score (nSPS) is 10.5. The minimum absolute atomic E-state index is 0.394. The van der Waals surface area contributed by atoms with E-state index in [9.17, 15) is 9.59 Å². The van der Waals surface area contributed by atoms with Crippen molar-refractivity contribution in [2.45, 2.75) is 10.6 Å². The fraction of sp³-hybridized carbons (Fsp3) is 0.0435. The summed E-state index contributed by atoms with van der Waals surface area (Å²) in [5.74, 6) is -0.0424. The van der Waals surface area contributed by atoms with Crippen LogP contribution < -0.4 is 10.9 Å². The molecule has 0 unspecified atom stereocenters. The molecule has 0 aliphatic heterocycles. The third-order valence-electron chi connectivity index (χ3n) is 4.54. The molecule has 2 amide bonds. The molecule has 160 valence electrons. The van der Waals surface area contributed by atoms with Crippen LogP contribution in [0.2, 0.25) is 5.02 Å². The summed E-state index contributed by atoms with van der Waals surface area (Å²) in [6.45, 7) is 0. The Kier molecular flexibility index (Phi) is 6.84. The number of halogens is 1. The van der Waals surface area contributed by atoms with Crippen LogP contribution in [0.15, 0.2) is 90.3 Å². The molecule has 1 aromatic heterocycles. The van der Waals surface area contributed by atoms with Gasteiger partial charge in [-0.25, -0.2) is 9.67 Å². The van der Waals surface area contributed by atoms with Crippen molar-refractivity contribution in [3.8, 4) is 5.69 Å². The summed E-state index contributed by atoms with van der Waals surface area (Å²) in [5, 5.41) is 4.74. The standard InChI is InChI=1S/C23H18ClN5O2S/c24-19-7-11-21(12-8-19)32-13-16-1-3-17(4-2-16)22(30)27-28-23(31)18-5-9-20(10-6-18)29-15-25-14-26-29/h1-12,14-15H,13H2,(H,27,30)(H,28,31). The van der Waals surface area contributed by atoms with Gasteiger partial charge < -0.3 is 0 Å². The number of aromatic nitrogens is 3. The van der Waals surface area contributed by atoms with E-state index in [1.807, 2.05) is 36.4 Å². The molecule has 4 rings (SSSR count). The average molecular weight is 464 g/mol. The smallest absolute Gasteiger partial charge is 0.267 e. The van der Waals surface area contributed by atoms with Gasteiger partial charge >= 0.3 is 0 Å². The second-order valence-electron chi connectivity index (χ2n) is 6.73. The molecule has 4 aromatic rings. The summed E-state index contributed by atoms with van der Waals surface area (Å²) < 4.78 is 1.58. The topological polar surface area (TPSA) is 88.9 Å². The Labute approximate surface area is 193 Å². The molecule has 0 radical (unpaired) electrons.